The van der Waals surface area contributed by atoms with Gasteiger partial charge in [-0.2, -0.15) is 0 Å². The first-order valence-electron chi connectivity index (χ1n) is 4.62. The second-order valence-corrected chi connectivity index (χ2v) is 3.72. The van der Waals surface area contributed by atoms with E-state index in [1.807, 2.05) is 0 Å². The van der Waals surface area contributed by atoms with Crippen molar-refractivity contribution in [3.05, 3.63) is 34.3 Å². The molecule has 86 valence electrons. The van der Waals surface area contributed by atoms with Gasteiger partial charge in [-0.05, 0) is 31.2 Å². The van der Waals surface area contributed by atoms with E-state index >= 15 is 0 Å². The van der Waals surface area contributed by atoms with Gasteiger partial charge >= 0.3 is 6.09 Å². The highest BCUT2D eigenvalue weighted by Crippen LogP contribution is 2.09. The first kappa shape index (κ1) is 12.5. The number of hydrogen-bond acceptors (Lipinski definition) is 3. The fourth-order valence-electron chi connectivity index (χ4n) is 0.948. The van der Waals surface area contributed by atoms with Crippen molar-refractivity contribution in [1.82, 2.24) is 10.9 Å². The van der Waals surface area contributed by atoms with Crippen LogP contribution in [0.25, 0.3) is 0 Å². The third kappa shape index (κ3) is 3.90. The van der Waals surface area contributed by atoms with Crippen molar-refractivity contribution < 1.29 is 14.3 Å². The molecule has 0 bridgehead atoms. The molecule has 0 saturated carbocycles. The second-order valence-electron chi connectivity index (χ2n) is 2.81. The summed E-state index contributed by atoms with van der Waals surface area (Å²) in [6.07, 6.45) is -0.687. The van der Waals surface area contributed by atoms with E-state index < -0.39 is 12.0 Å². The fraction of sp³-hybridized carbons (Fsp3) is 0.200. The average molecular weight is 287 g/mol. The van der Waals surface area contributed by atoms with Gasteiger partial charge in [0, 0.05) is 10.0 Å². The number of benzene rings is 1. The summed E-state index contributed by atoms with van der Waals surface area (Å²) in [5.41, 5.74) is 4.79. The van der Waals surface area contributed by atoms with Crippen LogP contribution in [0.15, 0.2) is 28.7 Å². The lowest BCUT2D eigenvalue weighted by atomic mass is 10.2. The third-order valence-corrected chi connectivity index (χ3v) is 2.19. The molecule has 0 radical (unpaired) electrons. The summed E-state index contributed by atoms with van der Waals surface area (Å²) in [5, 5.41) is 0. The van der Waals surface area contributed by atoms with Crippen LogP contribution in [0.3, 0.4) is 0 Å². The molecule has 1 aromatic carbocycles. The van der Waals surface area contributed by atoms with Crippen molar-refractivity contribution in [2.24, 2.45) is 0 Å². The topological polar surface area (TPSA) is 67.4 Å². The number of amides is 2. The van der Waals surface area contributed by atoms with Gasteiger partial charge in [-0.1, -0.05) is 15.9 Å². The van der Waals surface area contributed by atoms with Gasteiger partial charge < -0.3 is 4.74 Å². The molecular formula is C10H11BrN2O3. The number of halogens is 1. The Hall–Kier alpha value is -1.56. The minimum absolute atomic E-state index is 0.250. The van der Waals surface area contributed by atoms with Crippen LogP contribution >= 0.6 is 15.9 Å². The minimum atomic E-state index is -0.687. The summed E-state index contributed by atoms with van der Waals surface area (Å²) in [4.78, 5) is 22.3. The molecule has 0 spiro atoms. The Bertz CT molecular complexity index is 378. The zero-order valence-electron chi connectivity index (χ0n) is 8.62. The standard InChI is InChI=1S/C10H11BrN2O3/c1-2-16-10(15)13-12-9(14)7-3-5-8(11)6-4-7/h3-6H,2H2,1H3,(H,12,14)(H,13,15). The zero-order valence-corrected chi connectivity index (χ0v) is 10.2. The fourth-order valence-corrected chi connectivity index (χ4v) is 1.21. The number of rotatable bonds is 2. The molecule has 2 amide bonds. The number of carbonyl (C=O) groups excluding carboxylic acids is 2. The summed E-state index contributed by atoms with van der Waals surface area (Å²) in [6, 6.07) is 6.73. The van der Waals surface area contributed by atoms with Crippen molar-refractivity contribution >= 4 is 27.9 Å². The lowest BCUT2D eigenvalue weighted by Crippen LogP contribution is -2.41. The van der Waals surface area contributed by atoms with Crippen molar-refractivity contribution in [2.45, 2.75) is 6.92 Å². The quantitative estimate of drug-likeness (QED) is 0.816. The Morgan fingerprint density at radius 2 is 1.88 bits per heavy atom. The number of carbonyl (C=O) groups is 2. The van der Waals surface area contributed by atoms with Gasteiger partial charge in [0.2, 0.25) is 0 Å². The van der Waals surface area contributed by atoms with Crippen molar-refractivity contribution in [2.75, 3.05) is 6.61 Å². The summed E-state index contributed by atoms with van der Waals surface area (Å²) in [6.45, 7) is 1.93. The van der Waals surface area contributed by atoms with E-state index in [0.717, 1.165) is 4.47 Å². The molecule has 2 N–H and O–H groups in total. The predicted octanol–water partition coefficient (Wildman–Crippen LogP) is 1.84. The van der Waals surface area contributed by atoms with E-state index in [0.29, 0.717) is 5.56 Å². The van der Waals surface area contributed by atoms with Crippen LogP contribution in [-0.2, 0) is 4.74 Å². The number of ether oxygens (including phenoxy) is 1. The third-order valence-electron chi connectivity index (χ3n) is 1.66. The van der Waals surface area contributed by atoms with E-state index in [1.165, 1.54) is 0 Å². The molecule has 6 heteroatoms. The Morgan fingerprint density at radius 1 is 1.25 bits per heavy atom. The Kier molecular flexibility index (Phi) is 4.78. The molecule has 0 aliphatic carbocycles. The van der Waals surface area contributed by atoms with Crippen LogP contribution in [0.4, 0.5) is 4.79 Å². The summed E-state index contributed by atoms with van der Waals surface area (Å²) >= 11 is 3.26. The predicted molar refractivity (Wildman–Crippen MR) is 61.8 cm³/mol. The van der Waals surface area contributed by atoms with E-state index in [2.05, 4.69) is 31.5 Å². The molecule has 5 nitrogen and oxygen atoms in total. The van der Waals surface area contributed by atoms with Crippen molar-refractivity contribution in [3.63, 3.8) is 0 Å². The summed E-state index contributed by atoms with van der Waals surface area (Å²) in [5.74, 6) is -0.402. The maximum atomic E-state index is 11.5. The highest BCUT2D eigenvalue weighted by atomic mass is 79.9. The highest BCUT2D eigenvalue weighted by Gasteiger charge is 2.06. The number of hydrogen-bond donors (Lipinski definition) is 2. The van der Waals surface area contributed by atoms with E-state index in [1.54, 1.807) is 31.2 Å². The normalized spacial score (nSPS) is 9.38. The smallest absolute Gasteiger partial charge is 0.426 e. The van der Waals surface area contributed by atoms with Gasteiger partial charge in [0.15, 0.2) is 0 Å². The van der Waals surface area contributed by atoms with Crippen LogP contribution in [-0.4, -0.2) is 18.6 Å². The van der Waals surface area contributed by atoms with E-state index in [9.17, 15) is 9.59 Å². The van der Waals surface area contributed by atoms with Crippen LogP contribution < -0.4 is 10.9 Å². The molecule has 0 aliphatic rings. The van der Waals surface area contributed by atoms with Crippen molar-refractivity contribution in [3.8, 4) is 0 Å². The van der Waals surface area contributed by atoms with Gasteiger partial charge in [0.05, 0.1) is 6.61 Å². The molecule has 1 aromatic rings. The molecule has 0 unspecified atom stereocenters. The van der Waals surface area contributed by atoms with Crippen LogP contribution in [0, 0.1) is 0 Å². The number of hydrazine groups is 1. The Labute approximate surface area is 101 Å². The summed E-state index contributed by atoms with van der Waals surface area (Å²) < 4.78 is 5.45. The Morgan fingerprint density at radius 3 is 2.44 bits per heavy atom. The largest absolute Gasteiger partial charge is 0.449 e. The lowest BCUT2D eigenvalue weighted by molar-refractivity contribution is 0.0912. The maximum absolute atomic E-state index is 11.5. The van der Waals surface area contributed by atoms with Gasteiger partial charge in [0.25, 0.3) is 5.91 Å². The molecule has 16 heavy (non-hydrogen) atoms. The Balaban J connectivity index is 2.47. The van der Waals surface area contributed by atoms with Crippen LogP contribution in [0.1, 0.15) is 17.3 Å². The number of nitrogens with one attached hydrogen (secondary N) is 2. The second kappa shape index (κ2) is 6.12. The molecule has 0 fully saturated rings. The minimum Gasteiger partial charge on any atom is -0.449 e. The first-order chi connectivity index (χ1) is 7.63. The molecule has 0 atom stereocenters. The average Bonchev–Trinajstić information content (AvgIpc) is 2.27. The molecule has 0 aromatic heterocycles. The van der Waals surface area contributed by atoms with E-state index in [-0.39, 0.29) is 6.61 Å². The maximum Gasteiger partial charge on any atom is 0.426 e. The van der Waals surface area contributed by atoms with Gasteiger partial charge in [-0.3, -0.25) is 10.2 Å². The van der Waals surface area contributed by atoms with E-state index in [4.69, 9.17) is 0 Å². The van der Waals surface area contributed by atoms with Crippen molar-refractivity contribution in [1.29, 1.82) is 0 Å². The molecular weight excluding hydrogens is 276 g/mol. The monoisotopic (exact) mass is 286 g/mol. The SMILES string of the molecule is CCOC(=O)NNC(=O)c1ccc(Br)cc1. The summed E-state index contributed by atoms with van der Waals surface area (Å²) in [7, 11) is 0. The lowest BCUT2D eigenvalue weighted by Gasteiger charge is -2.06. The molecule has 0 saturated heterocycles. The highest BCUT2D eigenvalue weighted by molar-refractivity contribution is 9.10. The van der Waals surface area contributed by atoms with Crippen LogP contribution in [0.5, 0.6) is 0 Å². The van der Waals surface area contributed by atoms with Gasteiger partial charge in [-0.25, -0.2) is 10.2 Å². The molecule has 0 aliphatic heterocycles. The molecule has 0 heterocycles. The zero-order chi connectivity index (χ0) is 12.0. The van der Waals surface area contributed by atoms with Crippen LogP contribution in [0.2, 0.25) is 0 Å². The first-order valence-corrected chi connectivity index (χ1v) is 5.41. The van der Waals surface area contributed by atoms with Gasteiger partial charge in [0.1, 0.15) is 0 Å². The molecule has 1 rings (SSSR count). The van der Waals surface area contributed by atoms with Gasteiger partial charge in [-0.15, -0.1) is 0 Å².